The summed E-state index contributed by atoms with van der Waals surface area (Å²) >= 11 is 6.00. The number of anilines is 2. The van der Waals surface area contributed by atoms with Gasteiger partial charge in [0, 0.05) is 29.5 Å². The minimum absolute atomic E-state index is 0.249. The van der Waals surface area contributed by atoms with Gasteiger partial charge in [-0.2, -0.15) is 0 Å². The van der Waals surface area contributed by atoms with E-state index in [0.29, 0.717) is 22.4 Å². The SMILES string of the molecule is Cc1cc(C(=O)Nc2cc(Cl)ccc2C)nc(N2CCCC2)n1. The van der Waals surface area contributed by atoms with Gasteiger partial charge >= 0.3 is 0 Å². The van der Waals surface area contributed by atoms with Gasteiger partial charge in [-0.25, -0.2) is 9.97 Å². The molecule has 0 unspecified atom stereocenters. The summed E-state index contributed by atoms with van der Waals surface area (Å²) in [6, 6.07) is 7.12. The fourth-order valence-corrected chi connectivity index (χ4v) is 2.82. The largest absolute Gasteiger partial charge is 0.341 e. The van der Waals surface area contributed by atoms with Crippen molar-refractivity contribution in [3.05, 3.63) is 46.2 Å². The quantitative estimate of drug-likeness (QED) is 0.934. The van der Waals surface area contributed by atoms with Crippen molar-refractivity contribution < 1.29 is 4.79 Å². The van der Waals surface area contributed by atoms with Crippen molar-refractivity contribution >= 4 is 29.1 Å². The molecule has 1 aliphatic heterocycles. The average molecular weight is 331 g/mol. The molecule has 1 aliphatic rings. The second-order valence-electron chi connectivity index (χ2n) is 5.80. The summed E-state index contributed by atoms with van der Waals surface area (Å²) in [5, 5.41) is 3.47. The highest BCUT2D eigenvalue weighted by Gasteiger charge is 2.18. The molecule has 6 heteroatoms. The van der Waals surface area contributed by atoms with E-state index in [9.17, 15) is 4.79 Å². The first-order valence-corrected chi connectivity index (χ1v) is 8.09. The Bertz CT molecular complexity index is 741. The number of nitrogens with one attached hydrogen (secondary N) is 1. The maximum Gasteiger partial charge on any atom is 0.274 e. The van der Waals surface area contributed by atoms with E-state index >= 15 is 0 Å². The Morgan fingerprint density at radius 2 is 1.91 bits per heavy atom. The topological polar surface area (TPSA) is 58.1 Å². The fraction of sp³-hybridized carbons (Fsp3) is 0.353. The Hall–Kier alpha value is -2.14. The van der Waals surface area contributed by atoms with Gasteiger partial charge in [0.15, 0.2) is 0 Å². The van der Waals surface area contributed by atoms with Crippen LogP contribution < -0.4 is 10.2 Å². The van der Waals surface area contributed by atoms with Crippen molar-refractivity contribution in [2.45, 2.75) is 26.7 Å². The van der Waals surface area contributed by atoms with E-state index in [-0.39, 0.29) is 5.91 Å². The number of carbonyl (C=O) groups excluding carboxylic acids is 1. The van der Waals surface area contributed by atoms with E-state index in [1.807, 2.05) is 19.9 Å². The number of amides is 1. The molecule has 2 aromatic rings. The van der Waals surface area contributed by atoms with Crippen LogP contribution in [-0.2, 0) is 0 Å². The maximum atomic E-state index is 12.5. The lowest BCUT2D eigenvalue weighted by Crippen LogP contribution is -2.23. The molecule has 1 aromatic heterocycles. The standard InChI is InChI=1S/C17H19ClN4O/c1-11-5-6-13(18)10-14(11)20-16(23)15-9-12(2)19-17(21-15)22-7-3-4-8-22/h5-6,9-10H,3-4,7-8H2,1-2H3,(H,20,23). The summed E-state index contributed by atoms with van der Waals surface area (Å²) in [6.07, 6.45) is 2.28. The van der Waals surface area contributed by atoms with E-state index in [1.165, 1.54) is 0 Å². The number of nitrogens with zero attached hydrogens (tertiary/aromatic N) is 3. The van der Waals surface area contributed by atoms with Crippen LogP contribution in [0.1, 0.15) is 34.6 Å². The average Bonchev–Trinajstić information content (AvgIpc) is 3.04. The smallest absolute Gasteiger partial charge is 0.274 e. The predicted molar refractivity (Wildman–Crippen MR) is 92.4 cm³/mol. The molecule has 0 atom stereocenters. The van der Waals surface area contributed by atoms with Crippen LogP contribution in [-0.4, -0.2) is 29.0 Å². The molecule has 1 amide bonds. The molecule has 23 heavy (non-hydrogen) atoms. The molecule has 0 saturated carbocycles. The van der Waals surface area contributed by atoms with Gasteiger partial charge in [-0.3, -0.25) is 4.79 Å². The van der Waals surface area contributed by atoms with Crippen molar-refractivity contribution in [2.75, 3.05) is 23.3 Å². The molecular formula is C17H19ClN4O. The highest BCUT2D eigenvalue weighted by atomic mass is 35.5. The van der Waals surface area contributed by atoms with Gasteiger partial charge in [0.2, 0.25) is 5.95 Å². The highest BCUT2D eigenvalue weighted by molar-refractivity contribution is 6.31. The molecule has 3 rings (SSSR count). The molecule has 120 valence electrons. The Morgan fingerprint density at radius 1 is 1.17 bits per heavy atom. The third-order valence-corrected chi connectivity index (χ3v) is 4.15. The lowest BCUT2D eigenvalue weighted by atomic mass is 10.2. The Kier molecular flexibility index (Phi) is 4.48. The van der Waals surface area contributed by atoms with Crippen molar-refractivity contribution in [3.8, 4) is 0 Å². The van der Waals surface area contributed by atoms with E-state index < -0.39 is 0 Å². The van der Waals surface area contributed by atoms with Crippen LogP contribution in [0, 0.1) is 13.8 Å². The van der Waals surface area contributed by atoms with Gasteiger partial charge in [0.1, 0.15) is 5.69 Å². The van der Waals surface area contributed by atoms with Gasteiger partial charge in [-0.1, -0.05) is 17.7 Å². The van der Waals surface area contributed by atoms with Crippen molar-refractivity contribution in [1.82, 2.24) is 9.97 Å². The number of rotatable bonds is 3. The zero-order chi connectivity index (χ0) is 16.4. The predicted octanol–water partition coefficient (Wildman–Crippen LogP) is 3.60. The van der Waals surface area contributed by atoms with Crippen LogP contribution in [0.3, 0.4) is 0 Å². The van der Waals surface area contributed by atoms with Crippen LogP contribution in [0.25, 0.3) is 0 Å². The summed E-state index contributed by atoms with van der Waals surface area (Å²) < 4.78 is 0. The second kappa shape index (κ2) is 6.54. The number of hydrogen-bond acceptors (Lipinski definition) is 4. The lowest BCUT2D eigenvalue weighted by Gasteiger charge is -2.16. The third-order valence-electron chi connectivity index (χ3n) is 3.91. The Morgan fingerprint density at radius 3 is 2.65 bits per heavy atom. The Balaban J connectivity index is 1.85. The minimum Gasteiger partial charge on any atom is -0.341 e. The molecule has 1 aromatic carbocycles. The summed E-state index contributed by atoms with van der Waals surface area (Å²) in [6.45, 7) is 5.69. The number of hydrogen-bond donors (Lipinski definition) is 1. The molecule has 0 spiro atoms. The summed E-state index contributed by atoms with van der Waals surface area (Å²) in [4.78, 5) is 23.5. The number of halogens is 1. The number of benzene rings is 1. The van der Waals surface area contributed by atoms with Crippen LogP contribution in [0.2, 0.25) is 5.02 Å². The van der Waals surface area contributed by atoms with E-state index in [1.54, 1.807) is 18.2 Å². The van der Waals surface area contributed by atoms with Gasteiger partial charge < -0.3 is 10.2 Å². The Labute approximate surface area is 140 Å². The fourth-order valence-electron chi connectivity index (χ4n) is 2.64. The first kappa shape index (κ1) is 15.7. The van der Waals surface area contributed by atoms with Crippen molar-refractivity contribution in [1.29, 1.82) is 0 Å². The van der Waals surface area contributed by atoms with Gasteiger partial charge in [-0.05, 0) is 50.5 Å². The number of aryl methyl sites for hydroxylation is 2. The molecule has 1 N–H and O–H groups in total. The van der Waals surface area contributed by atoms with Crippen LogP contribution in [0.5, 0.6) is 0 Å². The molecule has 0 bridgehead atoms. The molecule has 0 radical (unpaired) electrons. The van der Waals surface area contributed by atoms with Crippen molar-refractivity contribution in [2.24, 2.45) is 0 Å². The monoisotopic (exact) mass is 330 g/mol. The summed E-state index contributed by atoms with van der Waals surface area (Å²) in [5.41, 5.74) is 2.81. The van der Waals surface area contributed by atoms with Gasteiger partial charge in [0.05, 0.1) is 0 Å². The van der Waals surface area contributed by atoms with Crippen LogP contribution in [0.4, 0.5) is 11.6 Å². The zero-order valence-corrected chi connectivity index (χ0v) is 14.0. The van der Waals surface area contributed by atoms with Crippen molar-refractivity contribution in [3.63, 3.8) is 0 Å². The first-order chi connectivity index (χ1) is 11.0. The van der Waals surface area contributed by atoms with Gasteiger partial charge in [-0.15, -0.1) is 0 Å². The third kappa shape index (κ3) is 3.62. The maximum absolute atomic E-state index is 12.5. The molecule has 1 fully saturated rings. The molecule has 1 saturated heterocycles. The number of carbonyl (C=O) groups is 1. The van der Waals surface area contributed by atoms with E-state index in [4.69, 9.17) is 11.6 Å². The second-order valence-corrected chi connectivity index (χ2v) is 6.24. The van der Waals surface area contributed by atoms with Gasteiger partial charge in [0.25, 0.3) is 5.91 Å². The zero-order valence-electron chi connectivity index (χ0n) is 13.3. The first-order valence-electron chi connectivity index (χ1n) is 7.71. The molecular weight excluding hydrogens is 312 g/mol. The molecule has 2 heterocycles. The summed E-state index contributed by atoms with van der Waals surface area (Å²) in [7, 11) is 0. The van der Waals surface area contributed by atoms with Crippen LogP contribution >= 0.6 is 11.6 Å². The highest BCUT2D eigenvalue weighted by Crippen LogP contribution is 2.21. The summed E-state index contributed by atoms with van der Waals surface area (Å²) in [5.74, 6) is 0.386. The molecule has 5 nitrogen and oxygen atoms in total. The number of aromatic nitrogens is 2. The minimum atomic E-state index is -0.249. The van der Waals surface area contributed by atoms with Crippen LogP contribution in [0.15, 0.2) is 24.3 Å². The van der Waals surface area contributed by atoms with E-state index in [0.717, 1.165) is 37.2 Å². The normalized spacial score (nSPS) is 14.1. The molecule has 0 aliphatic carbocycles. The van der Waals surface area contributed by atoms with E-state index in [2.05, 4.69) is 20.2 Å². The lowest BCUT2D eigenvalue weighted by molar-refractivity contribution is 0.102.